The number of fused-ring (bicyclic) bond motifs is 3. The highest BCUT2D eigenvalue weighted by Crippen LogP contribution is 2.40. The molecule has 0 saturated carbocycles. The van der Waals surface area contributed by atoms with Crippen molar-refractivity contribution in [1.29, 1.82) is 0 Å². The zero-order valence-corrected chi connectivity index (χ0v) is 12.4. The summed E-state index contributed by atoms with van der Waals surface area (Å²) in [7, 11) is 2.90. The molecule has 5 nitrogen and oxygen atoms in total. The molecule has 5 heteroatoms. The standard InChI is InChI=1S/C16H16O5/c1-16(2)8-7-9-11(21-16)6-5-10-12(9)20-15(17)14(19-4)13(10)18-3/h5-8H,1-4H3. The predicted octanol–water partition coefficient (Wildman–Crippen LogP) is 2.99. The third-order valence-corrected chi connectivity index (χ3v) is 3.42. The van der Waals surface area contributed by atoms with E-state index in [9.17, 15) is 4.79 Å². The normalized spacial score (nSPS) is 15.4. The Labute approximate surface area is 121 Å². The highest BCUT2D eigenvalue weighted by atomic mass is 16.5. The fourth-order valence-electron chi connectivity index (χ4n) is 2.45. The smallest absolute Gasteiger partial charge is 0.383 e. The van der Waals surface area contributed by atoms with Crippen molar-refractivity contribution in [1.82, 2.24) is 0 Å². The monoisotopic (exact) mass is 288 g/mol. The van der Waals surface area contributed by atoms with Crippen LogP contribution in [0, 0.1) is 0 Å². The molecule has 2 heterocycles. The van der Waals surface area contributed by atoms with Crippen molar-refractivity contribution in [3.05, 3.63) is 34.2 Å². The van der Waals surface area contributed by atoms with E-state index < -0.39 is 11.2 Å². The van der Waals surface area contributed by atoms with Gasteiger partial charge in [-0.05, 0) is 38.1 Å². The van der Waals surface area contributed by atoms with Gasteiger partial charge in [-0.25, -0.2) is 4.79 Å². The first-order valence-corrected chi connectivity index (χ1v) is 6.57. The summed E-state index contributed by atoms with van der Waals surface area (Å²) < 4.78 is 21.7. The van der Waals surface area contributed by atoms with Crippen LogP contribution in [0.3, 0.4) is 0 Å². The zero-order chi connectivity index (χ0) is 15.2. The Hall–Kier alpha value is -2.43. The molecule has 0 radical (unpaired) electrons. The van der Waals surface area contributed by atoms with Crippen molar-refractivity contribution in [3.8, 4) is 17.2 Å². The number of hydrogen-bond acceptors (Lipinski definition) is 5. The average Bonchev–Trinajstić information content (AvgIpc) is 2.44. The van der Waals surface area contributed by atoms with Crippen LogP contribution in [-0.2, 0) is 0 Å². The van der Waals surface area contributed by atoms with E-state index in [1.165, 1.54) is 14.2 Å². The predicted molar refractivity (Wildman–Crippen MR) is 79.3 cm³/mol. The van der Waals surface area contributed by atoms with Crippen LogP contribution in [0.1, 0.15) is 19.4 Å². The summed E-state index contributed by atoms with van der Waals surface area (Å²) in [5, 5.41) is 0.667. The Morgan fingerprint density at radius 1 is 1.10 bits per heavy atom. The average molecular weight is 288 g/mol. The van der Waals surface area contributed by atoms with Gasteiger partial charge in [0.25, 0.3) is 0 Å². The van der Waals surface area contributed by atoms with Crippen LogP contribution in [0.5, 0.6) is 17.2 Å². The molecule has 0 aliphatic carbocycles. The van der Waals surface area contributed by atoms with E-state index in [1.54, 1.807) is 6.07 Å². The first-order valence-electron chi connectivity index (χ1n) is 6.57. The van der Waals surface area contributed by atoms with E-state index in [-0.39, 0.29) is 5.75 Å². The zero-order valence-electron chi connectivity index (χ0n) is 12.4. The van der Waals surface area contributed by atoms with Gasteiger partial charge in [0.15, 0.2) is 11.3 Å². The summed E-state index contributed by atoms with van der Waals surface area (Å²) in [5.74, 6) is 1.10. The molecule has 3 rings (SSSR count). The van der Waals surface area contributed by atoms with Crippen LogP contribution < -0.4 is 19.8 Å². The Morgan fingerprint density at radius 3 is 2.48 bits per heavy atom. The molecule has 0 saturated heterocycles. The van der Waals surface area contributed by atoms with Gasteiger partial charge < -0.3 is 18.6 Å². The van der Waals surface area contributed by atoms with Gasteiger partial charge in [-0.1, -0.05) is 0 Å². The summed E-state index contributed by atoms with van der Waals surface area (Å²) in [5.41, 5.74) is 0.192. The van der Waals surface area contributed by atoms with Gasteiger partial charge in [0.2, 0.25) is 5.75 Å². The third kappa shape index (κ3) is 2.05. The maximum atomic E-state index is 12.0. The van der Waals surface area contributed by atoms with Crippen molar-refractivity contribution in [3.63, 3.8) is 0 Å². The molecule has 21 heavy (non-hydrogen) atoms. The third-order valence-electron chi connectivity index (χ3n) is 3.42. The molecule has 0 N–H and O–H groups in total. The van der Waals surface area contributed by atoms with E-state index in [0.29, 0.717) is 22.5 Å². The van der Waals surface area contributed by atoms with E-state index >= 15 is 0 Å². The van der Waals surface area contributed by atoms with Gasteiger partial charge in [0.1, 0.15) is 11.4 Å². The molecule has 0 bridgehead atoms. The molecule has 1 aliphatic rings. The Morgan fingerprint density at radius 2 is 1.81 bits per heavy atom. The quantitative estimate of drug-likeness (QED) is 0.795. The molecule has 1 aromatic carbocycles. The summed E-state index contributed by atoms with van der Waals surface area (Å²) in [6, 6.07) is 3.64. The van der Waals surface area contributed by atoms with Gasteiger partial charge in [-0.2, -0.15) is 0 Å². The maximum Gasteiger partial charge on any atom is 0.383 e. The molecule has 0 atom stereocenters. The lowest BCUT2D eigenvalue weighted by Crippen LogP contribution is -2.27. The Bertz CT molecular complexity index is 798. The second kappa shape index (κ2) is 4.55. The minimum atomic E-state index is -0.575. The molecule has 0 amide bonds. The van der Waals surface area contributed by atoms with E-state index in [1.807, 2.05) is 32.1 Å². The topological polar surface area (TPSA) is 57.9 Å². The minimum Gasteiger partial charge on any atom is -0.492 e. The lowest BCUT2D eigenvalue weighted by molar-refractivity contribution is 0.159. The second-order valence-corrected chi connectivity index (χ2v) is 5.35. The van der Waals surface area contributed by atoms with E-state index in [0.717, 1.165) is 5.56 Å². The molecule has 110 valence electrons. The fraction of sp³-hybridized carbons (Fsp3) is 0.312. The molecule has 0 fully saturated rings. The SMILES string of the molecule is COc1c(OC)c2ccc3c(c2oc1=O)C=CC(C)(C)O3. The van der Waals surface area contributed by atoms with Gasteiger partial charge in [-0.15, -0.1) is 0 Å². The van der Waals surface area contributed by atoms with Crippen molar-refractivity contribution in [2.75, 3.05) is 14.2 Å². The molecular formula is C16H16O5. The molecule has 1 aliphatic heterocycles. The van der Waals surface area contributed by atoms with Gasteiger partial charge >= 0.3 is 5.63 Å². The van der Waals surface area contributed by atoms with Crippen molar-refractivity contribution in [2.45, 2.75) is 19.4 Å². The van der Waals surface area contributed by atoms with Crippen molar-refractivity contribution >= 4 is 17.0 Å². The van der Waals surface area contributed by atoms with Gasteiger partial charge in [0, 0.05) is 0 Å². The molecular weight excluding hydrogens is 272 g/mol. The molecule has 0 spiro atoms. The van der Waals surface area contributed by atoms with Gasteiger partial charge in [-0.3, -0.25) is 0 Å². The highest BCUT2D eigenvalue weighted by molar-refractivity contribution is 5.94. The van der Waals surface area contributed by atoms with Crippen molar-refractivity contribution < 1.29 is 18.6 Å². The highest BCUT2D eigenvalue weighted by Gasteiger charge is 2.26. The number of ether oxygens (including phenoxy) is 3. The largest absolute Gasteiger partial charge is 0.492 e. The molecule has 0 unspecified atom stereocenters. The lowest BCUT2D eigenvalue weighted by Gasteiger charge is -2.28. The maximum absolute atomic E-state index is 12.0. The second-order valence-electron chi connectivity index (χ2n) is 5.35. The fourth-order valence-corrected chi connectivity index (χ4v) is 2.45. The summed E-state index contributed by atoms with van der Waals surface area (Å²) >= 11 is 0. The Balaban J connectivity index is 2.37. The van der Waals surface area contributed by atoms with E-state index in [4.69, 9.17) is 18.6 Å². The van der Waals surface area contributed by atoms with E-state index in [2.05, 4.69) is 0 Å². The number of hydrogen-bond donors (Lipinski definition) is 0. The summed E-state index contributed by atoms with van der Waals surface area (Å²) in [6.07, 6.45) is 3.82. The van der Waals surface area contributed by atoms with Crippen LogP contribution in [0.4, 0.5) is 0 Å². The van der Waals surface area contributed by atoms with Crippen LogP contribution >= 0.6 is 0 Å². The number of benzene rings is 1. The molecule has 2 aromatic rings. The first kappa shape index (κ1) is 13.5. The van der Waals surface area contributed by atoms with Crippen LogP contribution in [0.2, 0.25) is 0 Å². The number of methoxy groups -OCH3 is 2. The molecule has 1 aromatic heterocycles. The van der Waals surface area contributed by atoms with Crippen molar-refractivity contribution in [2.24, 2.45) is 0 Å². The van der Waals surface area contributed by atoms with Crippen LogP contribution in [0.25, 0.3) is 17.0 Å². The Kier molecular flexibility index (Phi) is 2.93. The van der Waals surface area contributed by atoms with Crippen LogP contribution in [0.15, 0.2) is 27.4 Å². The minimum absolute atomic E-state index is 0.0611. The lowest BCUT2D eigenvalue weighted by atomic mass is 10.0. The van der Waals surface area contributed by atoms with Crippen LogP contribution in [-0.4, -0.2) is 19.8 Å². The summed E-state index contributed by atoms with van der Waals surface area (Å²) in [6.45, 7) is 3.92. The van der Waals surface area contributed by atoms with Gasteiger partial charge in [0.05, 0.1) is 25.2 Å². The number of rotatable bonds is 2. The summed E-state index contributed by atoms with van der Waals surface area (Å²) in [4.78, 5) is 12.0. The first-order chi connectivity index (χ1) is 9.96.